The van der Waals surface area contributed by atoms with Crippen LogP contribution in [0.4, 0.5) is 10.1 Å². The summed E-state index contributed by atoms with van der Waals surface area (Å²) in [6, 6.07) is 13.3. The predicted octanol–water partition coefficient (Wildman–Crippen LogP) is 4.28. The van der Waals surface area contributed by atoms with Crippen LogP contribution in [0.1, 0.15) is 24.3 Å². The molecule has 1 amide bonds. The van der Waals surface area contributed by atoms with Gasteiger partial charge in [0.15, 0.2) is 0 Å². The van der Waals surface area contributed by atoms with E-state index in [4.69, 9.17) is 4.74 Å². The zero-order valence-electron chi connectivity index (χ0n) is 15.6. The van der Waals surface area contributed by atoms with Crippen molar-refractivity contribution in [1.82, 2.24) is 9.88 Å². The number of aromatic nitrogens is 1. The van der Waals surface area contributed by atoms with Crippen LogP contribution in [-0.4, -0.2) is 42.0 Å². The van der Waals surface area contributed by atoms with Gasteiger partial charge in [-0.1, -0.05) is 13.8 Å². The summed E-state index contributed by atoms with van der Waals surface area (Å²) < 4.78 is 19.0. The highest BCUT2D eigenvalue weighted by atomic mass is 19.1. The van der Waals surface area contributed by atoms with Gasteiger partial charge in [-0.3, -0.25) is 4.79 Å². The molecule has 0 saturated heterocycles. The second-order valence-corrected chi connectivity index (χ2v) is 6.27. The van der Waals surface area contributed by atoms with Crippen LogP contribution in [0.15, 0.2) is 48.5 Å². The third-order valence-electron chi connectivity index (χ3n) is 4.51. The molecule has 142 valence electrons. The number of carbonyl (C=O) groups is 1. The first-order valence-electron chi connectivity index (χ1n) is 9.14. The van der Waals surface area contributed by atoms with E-state index in [1.165, 1.54) is 12.1 Å². The lowest BCUT2D eigenvalue weighted by Crippen LogP contribution is -2.27. The van der Waals surface area contributed by atoms with Gasteiger partial charge in [-0.05, 0) is 61.6 Å². The number of fused-ring (bicyclic) bond motifs is 1. The van der Waals surface area contributed by atoms with E-state index in [0.717, 1.165) is 30.9 Å². The number of aromatic amines is 1. The maximum Gasteiger partial charge on any atom is 0.272 e. The molecule has 1 heterocycles. The summed E-state index contributed by atoms with van der Waals surface area (Å²) in [6.07, 6.45) is 0. The van der Waals surface area contributed by atoms with Gasteiger partial charge in [0.2, 0.25) is 0 Å². The van der Waals surface area contributed by atoms with Crippen LogP contribution in [0.2, 0.25) is 0 Å². The first-order chi connectivity index (χ1) is 13.1. The van der Waals surface area contributed by atoms with Crippen molar-refractivity contribution in [3.63, 3.8) is 0 Å². The molecular weight excluding hydrogens is 345 g/mol. The molecule has 0 atom stereocenters. The second kappa shape index (κ2) is 8.68. The highest BCUT2D eigenvalue weighted by molar-refractivity contribution is 6.05. The molecule has 0 aliphatic heterocycles. The minimum absolute atomic E-state index is 0.276. The van der Waals surface area contributed by atoms with Gasteiger partial charge in [0.1, 0.15) is 23.9 Å². The van der Waals surface area contributed by atoms with E-state index in [2.05, 4.69) is 29.0 Å². The molecule has 0 aliphatic carbocycles. The third kappa shape index (κ3) is 4.86. The highest BCUT2D eigenvalue weighted by Gasteiger charge is 2.10. The number of hydrogen-bond acceptors (Lipinski definition) is 3. The molecule has 0 saturated carbocycles. The van der Waals surface area contributed by atoms with Crippen molar-refractivity contribution in [1.29, 1.82) is 0 Å². The number of likely N-dealkylation sites (N-methyl/N-ethyl adjacent to an activating group) is 1. The van der Waals surface area contributed by atoms with Crippen molar-refractivity contribution in [3.05, 3.63) is 60.0 Å². The lowest BCUT2D eigenvalue weighted by Gasteiger charge is -2.18. The number of anilines is 1. The smallest absolute Gasteiger partial charge is 0.272 e. The van der Waals surface area contributed by atoms with E-state index < -0.39 is 0 Å². The molecule has 0 spiro atoms. The predicted molar refractivity (Wildman–Crippen MR) is 106 cm³/mol. The zero-order valence-corrected chi connectivity index (χ0v) is 15.6. The summed E-state index contributed by atoms with van der Waals surface area (Å²) in [6.45, 7) is 7.77. The number of nitrogens with one attached hydrogen (secondary N) is 2. The summed E-state index contributed by atoms with van der Waals surface area (Å²) in [5, 5.41) is 3.49. The van der Waals surface area contributed by atoms with Crippen molar-refractivity contribution in [2.75, 3.05) is 31.6 Å². The summed E-state index contributed by atoms with van der Waals surface area (Å²) in [7, 11) is 0. The molecule has 2 N–H and O–H groups in total. The van der Waals surface area contributed by atoms with Crippen LogP contribution in [0.3, 0.4) is 0 Å². The van der Waals surface area contributed by atoms with Crippen molar-refractivity contribution in [3.8, 4) is 5.75 Å². The summed E-state index contributed by atoms with van der Waals surface area (Å²) in [5.74, 6) is 0.160. The minimum atomic E-state index is -0.329. The number of ether oxygens (including phenoxy) is 1. The summed E-state index contributed by atoms with van der Waals surface area (Å²) in [4.78, 5) is 17.7. The topological polar surface area (TPSA) is 57.4 Å². The van der Waals surface area contributed by atoms with Gasteiger partial charge in [-0.25, -0.2) is 4.39 Å². The Balaban J connectivity index is 1.57. The van der Waals surface area contributed by atoms with Gasteiger partial charge in [-0.2, -0.15) is 0 Å². The number of rotatable bonds is 8. The maximum absolute atomic E-state index is 13.3. The van der Waals surface area contributed by atoms with E-state index in [-0.39, 0.29) is 11.7 Å². The van der Waals surface area contributed by atoms with Crippen molar-refractivity contribution >= 4 is 22.5 Å². The van der Waals surface area contributed by atoms with E-state index in [0.29, 0.717) is 23.4 Å². The Morgan fingerprint density at radius 1 is 1.11 bits per heavy atom. The Bertz CT molecular complexity index is 901. The Morgan fingerprint density at radius 3 is 2.56 bits per heavy atom. The normalized spacial score (nSPS) is 11.1. The molecule has 3 aromatic rings. The molecule has 1 aromatic heterocycles. The van der Waals surface area contributed by atoms with Gasteiger partial charge in [0, 0.05) is 23.1 Å². The van der Waals surface area contributed by atoms with E-state index in [1.54, 1.807) is 24.3 Å². The number of carbonyl (C=O) groups excluding carboxylic acids is 1. The van der Waals surface area contributed by atoms with Gasteiger partial charge < -0.3 is 19.9 Å². The van der Waals surface area contributed by atoms with Gasteiger partial charge in [-0.15, -0.1) is 0 Å². The van der Waals surface area contributed by atoms with Crippen LogP contribution in [0, 0.1) is 5.82 Å². The molecule has 0 unspecified atom stereocenters. The number of nitrogens with zero attached hydrogens (tertiary/aromatic N) is 1. The van der Waals surface area contributed by atoms with E-state index in [1.807, 2.05) is 12.1 Å². The number of halogens is 1. The van der Waals surface area contributed by atoms with Gasteiger partial charge in [0.05, 0.1) is 0 Å². The molecule has 27 heavy (non-hydrogen) atoms. The van der Waals surface area contributed by atoms with Crippen LogP contribution < -0.4 is 10.1 Å². The molecule has 0 fully saturated rings. The lowest BCUT2D eigenvalue weighted by atomic mass is 10.2. The number of benzene rings is 2. The Kier molecular flexibility index (Phi) is 6.08. The van der Waals surface area contributed by atoms with Crippen LogP contribution in [0.25, 0.3) is 10.9 Å². The average molecular weight is 369 g/mol. The van der Waals surface area contributed by atoms with E-state index >= 15 is 0 Å². The van der Waals surface area contributed by atoms with Gasteiger partial charge >= 0.3 is 0 Å². The van der Waals surface area contributed by atoms with Crippen LogP contribution >= 0.6 is 0 Å². The Hall–Kier alpha value is -2.86. The molecule has 2 aromatic carbocycles. The molecule has 0 radical (unpaired) electrons. The maximum atomic E-state index is 13.3. The molecule has 6 heteroatoms. The summed E-state index contributed by atoms with van der Waals surface area (Å²) >= 11 is 0. The fourth-order valence-electron chi connectivity index (χ4n) is 2.89. The monoisotopic (exact) mass is 369 g/mol. The number of amides is 1. The molecule has 3 rings (SSSR count). The largest absolute Gasteiger partial charge is 0.492 e. The fourth-order valence-corrected chi connectivity index (χ4v) is 2.89. The second-order valence-electron chi connectivity index (χ2n) is 6.27. The Labute approximate surface area is 158 Å². The van der Waals surface area contributed by atoms with Crippen LogP contribution in [-0.2, 0) is 0 Å². The van der Waals surface area contributed by atoms with Crippen LogP contribution in [0.5, 0.6) is 5.75 Å². The van der Waals surface area contributed by atoms with Gasteiger partial charge in [0.25, 0.3) is 5.91 Å². The molecular formula is C21H24FN3O2. The lowest BCUT2D eigenvalue weighted by molar-refractivity contribution is 0.102. The minimum Gasteiger partial charge on any atom is -0.492 e. The van der Waals surface area contributed by atoms with Crippen molar-refractivity contribution < 1.29 is 13.9 Å². The standard InChI is InChI=1S/C21H24FN3O2/c1-3-25(4-2)11-12-27-18-8-6-17(7-9-18)23-21(26)20-14-15-13-16(22)5-10-19(15)24-20/h5-10,13-14,24H,3-4,11-12H2,1-2H3,(H,23,26). The first kappa shape index (κ1) is 18.9. The molecule has 5 nitrogen and oxygen atoms in total. The SMILES string of the molecule is CCN(CC)CCOc1ccc(NC(=O)c2cc3cc(F)ccc3[nH]2)cc1. The highest BCUT2D eigenvalue weighted by Crippen LogP contribution is 2.19. The molecule has 0 bridgehead atoms. The van der Waals surface area contributed by atoms with Crippen molar-refractivity contribution in [2.24, 2.45) is 0 Å². The third-order valence-corrected chi connectivity index (χ3v) is 4.51. The fraction of sp³-hybridized carbons (Fsp3) is 0.286. The van der Waals surface area contributed by atoms with E-state index in [9.17, 15) is 9.18 Å². The zero-order chi connectivity index (χ0) is 19.2. The molecule has 0 aliphatic rings. The first-order valence-corrected chi connectivity index (χ1v) is 9.14. The average Bonchev–Trinajstić information content (AvgIpc) is 3.10. The quantitative estimate of drug-likeness (QED) is 0.623. The summed E-state index contributed by atoms with van der Waals surface area (Å²) in [5.41, 5.74) is 1.77. The van der Waals surface area contributed by atoms with Crippen molar-refractivity contribution in [2.45, 2.75) is 13.8 Å². The number of H-pyrrole nitrogens is 1. The number of hydrogen-bond donors (Lipinski definition) is 2. The Morgan fingerprint density at radius 2 is 1.85 bits per heavy atom.